The van der Waals surface area contributed by atoms with E-state index in [0.717, 1.165) is 11.1 Å². The zero-order valence-corrected chi connectivity index (χ0v) is 13.6. The summed E-state index contributed by atoms with van der Waals surface area (Å²) < 4.78 is 9.77. The van der Waals surface area contributed by atoms with Crippen molar-refractivity contribution < 1.29 is 19.1 Å². The largest absolute Gasteiger partial charge is 0.468 e. The van der Waals surface area contributed by atoms with Gasteiger partial charge in [-0.15, -0.1) is 6.58 Å². The van der Waals surface area contributed by atoms with Gasteiger partial charge in [-0.1, -0.05) is 43.0 Å². The molecule has 0 amide bonds. The molecule has 0 saturated heterocycles. The first-order valence-corrected chi connectivity index (χ1v) is 7.53. The molecule has 23 heavy (non-hydrogen) atoms. The number of ether oxygens (including phenoxy) is 2. The van der Waals surface area contributed by atoms with Crippen LogP contribution in [0.5, 0.6) is 0 Å². The number of esters is 2. The molecule has 0 aliphatic heterocycles. The number of methoxy groups -OCH3 is 2. The van der Waals surface area contributed by atoms with Crippen LogP contribution in [-0.2, 0) is 19.1 Å². The second-order valence-electron chi connectivity index (χ2n) is 5.87. The Morgan fingerprint density at radius 3 is 2.17 bits per heavy atom. The molecule has 0 aromatic heterocycles. The number of carbonyl (C=O) groups excluding carboxylic acids is 2. The van der Waals surface area contributed by atoms with Gasteiger partial charge in [-0.05, 0) is 35.8 Å². The molecule has 2 atom stereocenters. The summed E-state index contributed by atoms with van der Waals surface area (Å²) in [6.07, 6.45) is 2.43. The van der Waals surface area contributed by atoms with Crippen LogP contribution < -0.4 is 0 Å². The second-order valence-corrected chi connectivity index (χ2v) is 5.87. The van der Waals surface area contributed by atoms with E-state index >= 15 is 0 Å². The molecule has 0 spiro atoms. The fraction of sp³-hybridized carbons (Fsp3) is 0.368. The van der Waals surface area contributed by atoms with E-state index in [9.17, 15) is 9.59 Å². The molecular formula is C19H22O4. The van der Waals surface area contributed by atoms with E-state index in [0.29, 0.717) is 12.8 Å². The monoisotopic (exact) mass is 314 g/mol. The minimum atomic E-state index is -1.29. The lowest BCUT2D eigenvalue weighted by molar-refractivity contribution is -0.168. The van der Waals surface area contributed by atoms with Gasteiger partial charge in [0.2, 0.25) is 0 Å². The standard InChI is InChI=1S/C19H22O4/c1-5-14-11-19(17(20)22-3,18(21)23-4)12-16(14)13(2)15-9-7-6-8-10-15/h5-10,14,16H,1-2,11-12H2,3-4H3/t14-,16-/m1/s1. The second kappa shape index (κ2) is 6.82. The molecule has 2 rings (SSSR count). The molecule has 4 heteroatoms. The summed E-state index contributed by atoms with van der Waals surface area (Å²) in [5, 5.41) is 0. The topological polar surface area (TPSA) is 52.6 Å². The highest BCUT2D eigenvalue weighted by Crippen LogP contribution is 2.52. The first-order chi connectivity index (χ1) is 11.0. The van der Waals surface area contributed by atoms with Gasteiger partial charge in [0.05, 0.1) is 14.2 Å². The Labute approximate surface area is 136 Å². The highest BCUT2D eigenvalue weighted by molar-refractivity contribution is 6.01. The van der Waals surface area contributed by atoms with Gasteiger partial charge in [0.25, 0.3) is 0 Å². The molecule has 0 bridgehead atoms. The van der Waals surface area contributed by atoms with Gasteiger partial charge in [0.1, 0.15) is 0 Å². The molecule has 0 radical (unpaired) electrons. The van der Waals surface area contributed by atoms with Gasteiger partial charge >= 0.3 is 11.9 Å². The van der Waals surface area contributed by atoms with Gasteiger partial charge in [-0.2, -0.15) is 0 Å². The molecule has 4 nitrogen and oxygen atoms in total. The first-order valence-electron chi connectivity index (χ1n) is 7.53. The van der Waals surface area contributed by atoms with Crippen LogP contribution in [-0.4, -0.2) is 26.2 Å². The Hall–Kier alpha value is -2.36. The lowest BCUT2D eigenvalue weighted by Gasteiger charge is -2.23. The summed E-state index contributed by atoms with van der Waals surface area (Å²) in [5.41, 5.74) is 0.602. The first kappa shape index (κ1) is 17.0. The third-order valence-corrected chi connectivity index (χ3v) is 4.72. The van der Waals surface area contributed by atoms with E-state index in [-0.39, 0.29) is 11.8 Å². The van der Waals surface area contributed by atoms with Crippen molar-refractivity contribution in [3.63, 3.8) is 0 Å². The Bertz CT molecular complexity index is 602. The average Bonchev–Trinajstić information content (AvgIpc) is 3.01. The van der Waals surface area contributed by atoms with E-state index in [2.05, 4.69) is 13.2 Å². The number of hydrogen-bond acceptors (Lipinski definition) is 4. The molecule has 122 valence electrons. The fourth-order valence-electron chi connectivity index (χ4n) is 3.46. The maximum absolute atomic E-state index is 12.3. The van der Waals surface area contributed by atoms with E-state index in [1.54, 1.807) is 6.08 Å². The smallest absolute Gasteiger partial charge is 0.323 e. The maximum Gasteiger partial charge on any atom is 0.323 e. The Kier molecular flexibility index (Phi) is 5.04. The van der Waals surface area contributed by atoms with E-state index in [1.807, 2.05) is 30.3 Å². The van der Waals surface area contributed by atoms with Crippen molar-refractivity contribution in [2.24, 2.45) is 17.3 Å². The Balaban J connectivity index is 2.39. The van der Waals surface area contributed by atoms with Crippen LogP contribution >= 0.6 is 0 Å². The van der Waals surface area contributed by atoms with Crippen molar-refractivity contribution in [3.8, 4) is 0 Å². The highest BCUT2D eigenvalue weighted by atomic mass is 16.5. The lowest BCUT2D eigenvalue weighted by atomic mass is 9.83. The average molecular weight is 314 g/mol. The molecule has 0 N–H and O–H groups in total. The van der Waals surface area contributed by atoms with E-state index < -0.39 is 17.4 Å². The van der Waals surface area contributed by atoms with Crippen LogP contribution in [0, 0.1) is 17.3 Å². The Morgan fingerprint density at radius 1 is 1.13 bits per heavy atom. The van der Waals surface area contributed by atoms with Crippen LogP contribution in [0.25, 0.3) is 5.57 Å². The van der Waals surface area contributed by atoms with E-state index in [4.69, 9.17) is 9.47 Å². The number of benzene rings is 1. The van der Waals surface area contributed by atoms with Gasteiger partial charge < -0.3 is 9.47 Å². The van der Waals surface area contributed by atoms with Crippen LogP contribution in [0.2, 0.25) is 0 Å². The number of carbonyl (C=O) groups is 2. The lowest BCUT2D eigenvalue weighted by Crippen LogP contribution is -2.39. The molecule has 1 aliphatic rings. The summed E-state index contributed by atoms with van der Waals surface area (Å²) in [6.45, 7) is 8.05. The highest BCUT2D eigenvalue weighted by Gasteiger charge is 2.57. The third-order valence-electron chi connectivity index (χ3n) is 4.72. The quantitative estimate of drug-likeness (QED) is 0.475. The molecule has 0 unspecified atom stereocenters. The number of hydrogen-bond donors (Lipinski definition) is 0. The predicted molar refractivity (Wildman–Crippen MR) is 88.4 cm³/mol. The summed E-state index contributed by atoms with van der Waals surface area (Å²) in [7, 11) is 2.57. The molecular weight excluding hydrogens is 292 g/mol. The van der Waals surface area contributed by atoms with Gasteiger partial charge in [-0.25, -0.2) is 0 Å². The van der Waals surface area contributed by atoms with Crippen LogP contribution in [0.1, 0.15) is 18.4 Å². The normalized spacial score (nSPS) is 22.2. The van der Waals surface area contributed by atoms with Crippen molar-refractivity contribution >= 4 is 17.5 Å². The zero-order chi connectivity index (χ0) is 17.0. The summed E-state index contributed by atoms with van der Waals surface area (Å²) in [4.78, 5) is 24.6. The Morgan fingerprint density at radius 2 is 1.70 bits per heavy atom. The van der Waals surface area contributed by atoms with Crippen molar-refractivity contribution in [2.75, 3.05) is 14.2 Å². The maximum atomic E-state index is 12.3. The third kappa shape index (κ3) is 2.93. The number of rotatable bonds is 5. The van der Waals surface area contributed by atoms with Crippen LogP contribution in [0.15, 0.2) is 49.6 Å². The predicted octanol–water partition coefficient (Wildman–Crippen LogP) is 3.24. The van der Waals surface area contributed by atoms with Gasteiger partial charge in [0, 0.05) is 0 Å². The number of allylic oxidation sites excluding steroid dienone is 2. The van der Waals surface area contributed by atoms with E-state index in [1.165, 1.54) is 14.2 Å². The van der Waals surface area contributed by atoms with Gasteiger partial charge in [-0.3, -0.25) is 9.59 Å². The van der Waals surface area contributed by atoms with Crippen molar-refractivity contribution in [2.45, 2.75) is 12.8 Å². The SMILES string of the molecule is C=C[C@@H]1CC(C(=O)OC)(C(=O)OC)C[C@@H]1C(=C)c1ccccc1. The zero-order valence-electron chi connectivity index (χ0n) is 13.6. The molecule has 1 aromatic carbocycles. The molecule has 0 heterocycles. The van der Waals surface area contributed by atoms with Crippen molar-refractivity contribution in [3.05, 3.63) is 55.1 Å². The molecule has 1 fully saturated rings. The minimum Gasteiger partial charge on any atom is -0.468 e. The fourth-order valence-corrected chi connectivity index (χ4v) is 3.46. The summed E-state index contributed by atoms with van der Waals surface area (Å²) in [6, 6.07) is 9.75. The summed E-state index contributed by atoms with van der Waals surface area (Å²) >= 11 is 0. The van der Waals surface area contributed by atoms with Gasteiger partial charge in [0.15, 0.2) is 5.41 Å². The summed E-state index contributed by atoms with van der Waals surface area (Å²) in [5.74, 6) is -1.21. The molecule has 1 saturated carbocycles. The van der Waals surface area contributed by atoms with Crippen LogP contribution in [0.3, 0.4) is 0 Å². The van der Waals surface area contributed by atoms with Crippen molar-refractivity contribution in [1.29, 1.82) is 0 Å². The molecule has 1 aromatic rings. The molecule has 1 aliphatic carbocycles. The minimum absolute atomic E-state index is 0.0408. The van der Waals surface area contributed by atoms with Crippen molar-refractivity contribution in [1.82, 2.24) is 0 Å². The van der Waals surface area contributed by atoms with Crippen LogP contribution in [0.4, 0.5) is 0 Å².